The summed E-state index contributed by atoms with van der Waals surface area (Å²) in [4.78, 5) is 14.5. The average Bonchev–Trinajstić information content (AvgIpc) is 3.12. The predicted molar refractivity (Wildman–Crippen MR) is 102 cm³/mol. The molecule has 4 saturated heterocycles. The molecule has 5 heterocycles. The number of aryl methyl sites for hydroxylation is 1. The van der Waals surface area contributed by atoms with Gasteiger partial charge in [0.15, 0.2) is 0 Å². The fourth-order valence-electron chi connectivity index (χ4n) is 5.59. The van der Waals surface area contributed by atoms with Crippen LogP contribution in [-0.4, -0.2) is 53.7 Å². The molecule has 1 aromatic carbocycles. The van der Waals surface area contributed by atoms with E-state index in [0.717, 1.165) is 29.7 Å². The molecular weight excluding hydrogens is 324 g/mol. The molecule has 6 rings (SSSR count). The number of rotatable bonds is 3. The van der Waals surface area contributed by atoms with Crippen LogP contribution in [0.25, 0.3) is 0 Å². The topological polar surface area (TPSA) is 41.5 Å². The Morgan fingerprint density at radius 2 is 1.81 bits per heavy atom. The van der Waals surface area contributed by atoms with Gasteiger partial charge in [-0.15, -0.1) is 0 Å². The highest BCUT2D eigenvalue weighted by Crippen LogP contribution is 2.49. The zero-order valence-electron chi connectivity index (χ0n) is 15.5. The molecule has 0 unspecified atom stereocenters. The van der Waals surface area contributed by atoms with E-state index in [0.29, 0.717) is 18.0 Å². The number of aromatic nitrogens is 2. The molecule has 0 spiro atoms. The fourth-order valence-corrected chi connectivity index (χ4v) is 5.59. The van der Waals surface area contributed by atoms with Crippen LogP contribution >= 0.6 is 0 Å². The van der Waals surface area contributed by atoms with Gasteiger partial charge in [-0.3, -0.25) is 9.88 Å². The molecular formula is C21H26N4O. The number of hydrogen-bond donors (Lipinski definition) is 0. The summed E-state index contributed by atoms with van der Waals surface area (Å²) in [5.41, 5.74) is 2.37. The third kappa shape index (κ3) is 2.33. The van der Waals surface area contributed by atoms with E-state index in [1.54, 1.807) is 13.3 Å². The van der Waals surface area contributed by atoms with Gasteiger partial charge < -0.3 is 9.64 Å². The standard InChI is InChI=1S/C21H26N4O/c1-14-21(23-10-9-22-14)25-13-17(16-5-3-4-6-18(16)26-2)20-19(25)15-7-11-24(20)12-8-15/h3-6,9-10,15,17,19-20H,7-8,11-13H2,1-2H3/t17-,19-,20-/m1/s1. The molecule has 2 aromatic rings. The van der Waals surface area contributed by atoms with E-state index in [4.69, 9.17) is 9.72 Å². The first-order valence-corrected chi connectivity index (χ1v) is 9.69. The van der Waals surface area contributed by atoms with Gasteiger partial charge in [0.25, 0.3) is 0 Å². The van der Waals surface area contributed by atoms with Crippen molar-refractivity contribution in [3.05, 3.63) is 47.9 Å². The summed E-state index contributed by atoms with van der Waals surface area (Å²) < 4.78 is 5.72. The Morgan fingerprint density at radius 1 is 1.04 bits per heavy atom. The second kappa shape index (κ2) is 6.23. The molecule has 0 saturated carbocycles. The highest BCUT2D eigenvalue weighted by atomic mass is 16.5. The minimum Gasteiger partial charge on any atom is -0.496 e. The van der Waals surface area contributed by atoms with Crippen molar-refractivity contribution in [3.63, 3.8) is 0 Å². The number of anilines is 1. The lowest BCUT2D eigenvalue weighted by Crippen LogP contribution is -2.60. The molecule has 4 aliphatic rings. The Hall–Kier alpha value is -2.14. The summed E-state index contributed by atoms with van der Waals surface area (Å²) in [6.07, 6.45) is 6.22. The molecule has 26 heavy (non-hydrogen) atoms. The molecule has 4 fully saturated rings. The summed E-state index contributed by atoms with van der Waals surface area (Å²) >= 11 is 0. The highest BCUT2D eigenvalue weighted by molar-refractivity contribution is 5.51. The van der Waals surface area contributed by atoms with Crippen molar-refractivity contribution in [2.75, 3.05) is 31.6 Å². The molecule has 136 valence electrons. The first kappa shape index (κ1) is 16.1. The maximum atomic E-state index is 5.72. The normalized spacial score (nSPS) is 32.5. The van der Waals surface area contributed by atoms with Gasteiger partial charge in [0.05, 0.1) is 12.8 Å². The smallest absolute Gasteiger partial charge is 0.150 e. The minimum absolute atomic E-state index is 0.445. The maximum Gasteiger partial charge on any atom is 0.150 e. The van der Waals surface area contributed by atoms with Gasteiger partial charge in [-0.2, -0.15) is 0 Å². The van der Waals surface area contributed by atoms with Crippen LogP contribution < -0.4 is 9.64 Å². The summed E-state index contributed by atoms with van der Waals surface area (Å²) in [6, 6.07) is 9.61. The van der Waals surface area contributed by atoms with Crippen LogP contribution in [0.3, 0.4) is 0 Å². The zero-order chi connectivity index (χ0) is 17.7. The second-order valence-corrected chi connectivity index (χ2v) is 7.82. The number of benzene rings is 1. The van der Waals surface area contributed by atoms with Crippen LogP contribution in [0.2, 0.25) is 0 Å². The highest BCUT2D eigenvalue weighted by Gasteiger charge is 2.54. The second-order valence-electron chi connectivity index (χ2n) is 7.82. The van der Waals surface area contributed by atoms with Crippen LogP contribution in [0.4, 0.5) is 5.82 Å². The predicted octanol–water partition coefficient (Wildman–Crippen LogP) is 2.86. The first-order chi connectivity index (χ1) is 12.8. The molecule has 2 bridgehead atoms. The van der Waals surface area contributed by atoms with Gasteiger partial charge >= 0.3 is 0 Å². The number of ether oxygens (including phenoxy) is 1. The monoisotopic (exact) mass is 350 g/mol. The van der Waals surface area contributed by atoms with Crippen molar-refractivity contribution in [3.8, 4) is 5.75 Å². The van der Waals surface area contributed by atoms with Crippen LogP contribution in [0.5, 0.6) is 5.75 Å². The number of methoxy groups -OCH3 is 1. The van der Waals surface area contributed by atoms with Crippen molar-refractivity contribution in [1.29, 1.82) is 0 Å². The van der Waals surface area contributed by atoms with Crippen LogP contribution in [0.1, 0.15) is 30.0 Å². The quantitative estimate of drug-likeness (QED) is 0.851. The van der Waals surface area contributed by atoms with E-state index >= 15 is 0 Å². The van der Waals surface area contributed by atoms with Gasteiger partial charge in [-0.25, -0.2) is 4.98 Å². The summed E-state index contributed by atoms with van der Waals surface area (Å²) in [5, 5.41) is 0. The van der Waals surface area contributed by atoms with Crippen LogP contribution in [0.15, 0.2) is 36.7 Å². The third-order valence-electron chi connectivity index (χ3n) is 6.66. The molecule has 0 N–H and O–H groups in total. The van der Waals surface area contributed by atoms with Crippen molar-refractivity contribution in [2.45, 2.75) is 37.8 Å². The number of para-hydroxylation sites is 1. The number of hydrogen-bond acceptors (Lipinski definition) is 5. The molecule has 0 aliphatic carbocycles. The lowest BCUT2D eigenvalue weighted by atomic mass is 9.75. The van der Waals surface area contributed by atoms with Crippen molar-refractivity contribution in [1.82, 2.24) is 14.9 Å². The van der Waals surface area contributed by atoms with Crippen molar-refractivity contribution < 1.29 is 4.74 Å². The van der Waals surface area contributed by atoms with Crippen LogP contribution in [-0.2, 0) is 0 Å². The molecule has 4 aliphatic heterocycles. The van der Waals surface area contributed by atoms with Crippen molar-refractivity contribution in [2.24, 2.45) is 5.92 Å². The Labute approximate surface area is 155 Å². The van der Waals surface area contributed by atoms with E-state index in [-0.39, 0.29) is 0 Å². The lowest BCUT2D eigenvalue weighted by molar-refractivity contribution is 0.0351. The van der Waals surface area contributed by atoms with E-state index in [9.17, 15) is 0 Å². The number of nitrogens with zero attached hydrogens (tertiary/aromatic N) is 4. The number of fused-ring (bicyclic) bond motifs is 2. The van der Waals surface area contributed by atoms with Gasteiger partial charge in [0.1, 0.15) is 11.6 Å². The van der Waals surface area contributed by atoms with E-state index in [2.05, 4.69) is 46.0 Å². The van der Waals surface area contributed by atoms with E-state index < -0.39 is 0 Å². The molecule has 1 aromatic heterocycles. The molecule has 5 nitrogen and oxygen atoms in total. The SMILES string of the molecule is COc1ccccc1[C@H]1CN(c2nccnc2C)[C@@H]2C3CCN(CC3)[C@H]12. The van der Waals surface area contributed by atoms with E-state index in [1.165, 1.54) is 31.5 Å². The lowest BCUT2D eigenvalue weighted by Gasteiger charge is -2.51. The van der Waals surface area contributed by atoms with Gasteiger partial charge in [-0.05, 0) is 44.8 Å². The molecule has 3 atom stereocenters. The fraction of sp³-hybridized carbons (Fsp3) is 0.524. The molecule has 5 heteroatoms. The van der Waals surface area contributed by atoms with Gasteiger partial charge in [-0.1, -0.05) is 18.2 Å². The summed E-state index contributed by atoms with van der Waals surface area (Å²) in [6.45, 7) is 5.52. The minimum atomic E-state index is 0.445. The average molecular weight is 350 g/mol. The first-order valence-electron chi connectivity index (χ1n) is 9.69. The van der Waals surface area contributed by atoms with Gasteiger partial charge in [0, 0.05) is 42.5 Å². The maximum absolute atomic E-state index is 5.72. The van der Waals surface area contributed by atoms with Gasteiger partial charge in [0.2, 0.25) is 0 Å². The summed E-state index contributed by atoms with van der Waals surface area (Å²) in [5.74, 6) is 3.28. The zero-order valence-corrected chi connectivity index (χ0v) is 15.5. The van der Waals surface area contributed by atoms with E-state index in [1.807, 2.05) is 6.20 Å². The molecule has 0 amide bonds. The Kier molecular flexibility index (Phi) is 3.85. The third-order valence-corrected chi connectivity index (χ3v) is 6.66. The van der Waals surface area contributed by atoms with Crippen LogP contribution in [0, 0.1) is 12.8 Å². The Bertz CT molecular complexity index is 802. The van der Waals surface area contributed by atoms with Crippen molar-refractivity contribution >= 4 is 5.82 Å². The summed E-state index contributed by atoms with van der Waals surface area (Å²) in [7, 11) is 1.78. The molecule has 0 radical (unpaired) electrons. The Balaban J connectivity index is 1.60. The largest absolute Gasteiger partial charge is 0.496 e. The number of piperidine rings is 3. The Morgan fingerprint density at radius 3 is 2.58 bits per heavy atom.